The topological polar surface area (TPSA) is 44.7 Å². The minimum Gasteiger partial charge on any atom is -0.325 e. The molecule has 0 aliphatic carbocycles. The van der Waals surface area contributed by atoms with Gasteiger partial charge in [-0.3, -0.25) is 9.80 Å². The number of carbonyl (C=O) groups is 1. The molecule has 1 amide bonds. The molecule has 1 aliphatic heterocycles. The Morgan fingerprint density at radius 3 is 2.52 bits per heavy atom. The molecule has 1 heterocycles. The molecule has 1 aliphatic rings. The zero-order valence-corrected chi connectivity index (χ0v) is 15.1. The summed E-state index contributed by atoms with van der Waals surface area (Å²) in [5.74, 6) is 0.900. The lowest BCUT2D eigenvalue weighted by atomic mass is 9.90. The molecular formula is C19H29N3O. The molecule has 0 radical (unpaired) electrons. The number of carbonyl (C=O) groups excluding carboxylic acids is 1. The third kappa shape index (κ3) is 3.92. The number of benzene rings is 1. The first-order valence-corrected chi connectivity index (χ1v) is 8.49. The number of nitrogens with zero attached hydrogens (tertiary/aromatic N) is 2. The molecule has 0 aromatic heterocycles. The third-order valence-electron chi connectivity index (χ3n) is 4.69. The van der Waals surface area contributed by atoms with E-state index in [0.29, 0.717) is 11.8 Å². The summed E-state index contributed by atoms with van der Waals surface area (Å²) in [6.45, 7) is 10.7. The molecule has 1 aromatic carbocycles. The molecule has 126 valence electrons. The normalized spacial score (nSPS) is 22.2. The van der Waals surface area contributed by atoms with Gasteiger partial charge in [-0.15, -0.1) is 0 Å². The molecule has 0 bridgehead atoms. The monoisotopic (exact) mass is 315 g/mol. The van der Waals surface area contributed by atoms with E-state index in [1.807, 2.05) is 44.1 Å². The Morgan fingerprint density at radius 2 is 1.96 bits per heavy atom. The van der Waals surface area contributed by atoms with Crippen molar-refractivity contribution in [1.29, 1.82) is 0 Å². The number of rotatable bonds is 5. The van der Waals surface area contributed by atoms with Crippen molar-refractivity contribution in [3.63, 3.8) is 0 Å². The van der Waals surface area contributed by atoms with Crippen molar-refractivity contribution < 1.29 is 4.79 Å². The first kappa shape index (κ1) is 17.5. The Kier molecular flexibility index (Phi) is 5.45. The van der Waals surface area contributed by atoms with E-state index in [0.717, 1.165) is 17.8 Å². The van der Waals surface area contributed by atoms with Crippen molar-refractivity contribution >= 4 is 17.3 Å². The van der Waals surface area contributed by atoms with Gasteiger partial charge in [-0.1, -0.05) is 39.0 Å². The van der Waals surface area contributed by atoms with Gasteiger partial charge in [-0.2, -0.15) is 5.10 Å². The van der Waals surface area contributed by atoms with Crippen molar-refractivity contribution in [3.8, 4) is 0 Å². The van der Waals surface area contributed by atoms with E-state index in [2.05, 4.69) is 37.3 Å². The van der Waals surface area contributed by atoms with Gasteiger partial charge >= 0.3 is 0 Å². The molecule has 1 aromatic rings. The van der Waals surface area contributed by atoms with E-state index in [9.17, 15) is 4.79 Å². The molecule has 0 fully saturated rings. The second-order valence-corrected chi connectivity index (χ2v) is 7.14. The lowest BCUT2D eigenvalue weighted by molar-refractivity contribution is -0.118. The van der Waals surface area contributed by atoms with Gasteiger partial charge in [0.2, 0.25) is 5.91 Å². The Balaban J connectivity index is 2.17. The number of para-hydroxylation sites is 1. The highest BCUT2D eigenvalue weighted by atomic mass is 16.2. The fourth-order valence-corrected chi connectivity index (χ4v) is 3.46. The molecule has 0 saturated heterocycles. The summed E-state index contributed by atoms with van der Waals surface area (Å²) in [6.07, 6.45) is 1.11. The molecule has 2 rings (SSSR count). The predicted molar refractivity (Wildman–Crippen MR) is 96.8 cm³/mol. The summed E-state index contributed by atoms with van der Waals surface area (Å²) in [5, 5.41) is 9.41. The maximum absolute atomic E-state index is 12.8. The first-order valence-electron chi connectivity index (χ1n) is 8.49. The Morgan fingerprint density at radius 1 is 1.30 bits per heavy atom. The molecule has 0 saturated carbocycles. The smallest absolute Gasteiger partial charge is 0.235 e. The predicted octanol–water partition coefficient (Wildman–Crippen LogP) is 4.10. The number of nitrogens with one attached hydrogen (secondary N) is 1. The first-order chi connectivity index (χ1) is 10.8. The summed E-state index contributed by atoms with van der Waals surface area (Å²) in [7, 11) is 1.92. The van der Waals surface area contributed by atoms with Gasteiger partial charge in [0, 0.05) is 18.4 Å². The number of hydrogen-bond acceptors (Lipinski definition) is 3. The molecule has 23 heavy (non-hydrogen) atoms. The van der Waals surface area contributed by atoms with Gasteiger partial charge in [0.25, 0.3) is 0 Å². The van der Waals surface area contributed by atoms with Crippen LogP contribution in [0.15, 0.2) is 29.4 Å². The molecule has 3 atom stereocenters. The highest BCUT2D eigenvalue weighted by Crippen LogP contribution is 2.30. The average molecular weight is 315 g/mol. The summed E-state index contributed by atoms with van der Waals surface area (Å²) in [6, 6.07) is 8.23. The van der Waals surface area contributed by atoms with E-state index in [4.69, 9.17) is 0 Å². The van der Waals surface area contributed by atoms with Crippen LogP contribution in [0.1, 0.15) is 52.5 Å². The summed E-state index contributed by atoms with van der Waals surface area (Å²) in [4.78, 5) is 12.8. The van der Waals surface area contributed by atoms with Gasteiger partial charge in [0.05, 0.1) is 12.0 Å². The van der Waals surface area contributed by atoms with Crippen molar-refractivity contribution in [1.82, 2.24) is 5.01 Å². The Bertz CT molecular complexity index is 594. The summed E-state index contributed by atoms with van der Waals surface area (Å²) in [5.41, 5.74) is 3.02. The summed E-state index contributed by atoms with van der Waals surface area (Å²) < 4.78 is 0. The molecule has 4 heteroatoms. The number of anilines is 1. The van der Waals surface area contributed by atoms with Crippen LogP contribution in [0.5, 0.6) is 0 Å². The Hall–Kier alpha value is -1.84. The van der Waals surface area contributed by atoms with E-state index in [1.54, 1.807) is 0 Å². The lowest BCUT2D eigenvalue weighted by Crippen LogP contribution is -2.37. The van der Waals surface area contributed by atoms with Crippen LogP contribution in [0.25, 0.3) is 0 Å². The van der Waals surface area contributed by atoms with Crippen LogP contribution in [-0.4, -0.2) is 29.7 Å². The van der Waals surface area contributed by atoms with Crippen molar-refractivity contribution in [2.24, 2.45) is 16.9 Å². The fraction of sp³-hybridized carbons (Fsp3) is 0.579. The summed E-state index contributed by atoms with van der Waals surface area (Å²) >= 11 is 0. The number of amides is 1. The van der Waals surface area contributed by atoms with Crippen LogP contribution in [-0.2, 0) is 4.79 Å². The quantitative estimate of drug-likeness (QED) is 0.889. The SMILES string of the molecule is CC1=NN(C)C(C)C1C(=O)Nc1ccccc1C(C)CC(C)C. The van der Waals surface area contributed by atoms with Gasteiger partial charge in [0.1, 0.15) is 0 Å². The van der Waals surface area contributed by atoms with E-state index in [1.165, 1.54) is 5.56 Å². The maximum Gasteiger partial charge on any atom is 0.235 e. The zero-order chi connectivity index (χ0) is 17.1. The minimum atomic E-state index is -0.187. The second-order valence-electron chi connectivity index (χ2n) is 7.14. The minimum absolute atomic E-state index is 0.0345. The Labute approximate surface area is 140 Å². The highest BCUT2D eigenvalue weighted by Gasteiger charge is 2.35. The molecule has 4 nitrogen and oxygen atoms in total. The lowest BCUT2D eigenvalue weighted by Gasteiger charge is -2.22. The van der Waals surface area contributed by atoms with Crippen LogP contribution >= 0.6 is 0 Å². The van der Waals surface area contributed by atoms with Crippen LogP contribution in [0, 0.1) is 11.8 Å². The van der Waals surface area contributed by atoms with Crippen LogP contribution in [0.2, 0.25) is 0 Å². The molecule has 0 spiro atoms. The van der Waals surface area contributed by atoms with Gasteiger partial charge in [-0.05, 0) is 43.7 Å². The maximum atomic E-state index is 12.8. The van der Waals surface area contributed by atoms with Crippen LogP contribution in [0.3, 0.4) is 0 Å². The molecule has 1 N–H and O–H groups in total. The number of hydrogen-bond donors (Lipinski definition) is 1. The highest BCUT2D eigenvalue weighted by molar-refractivity contribution is 6.10. The van der Waals surface area contributed by atoms with Crippen molar-refractivity contribution in [2.45, 2.75) is 53.0 Å². The number of hydrazone groups is 1. The largest absolute Gasteiger partial charge is 0.325 e. The van der Waals surface area contributed by atoms with Gasteiger partial charge < -0.3 is 5.32 Å². The van der Waals surface area contributed by atoms with E-state index < -0.39 is 0 Å². The zero-order valence-electron chi connectivity index (χ0n) is 15.1. The second kappa shape index (κ2) is 7.16. The standard InChI is InChI=1S/C19H29N3O/c1-12(2)11-13(3)16-9-7-8-10-17(16)20-19(23)18-14(4)21-22(6)15(18)5/h7-10,12-13,15,18H,11H2,1-6H3,(H,20,23). The molecular weight excluding hydrogens is 286 g/mol. The van der Waals surface area contributed by atoms with Crippen molar-refractivity contribution in [3.05, 3.63) is 29.8 Å². The van der Waals surface area contributed by atoms with E-state index in [-0.39, 0.29) is 17.9 Å². The van der Waals surface area contributed by atoms with Crippen molar-refractivity contribution in [2.75, 3.05) is 12.4 Å². The molecule has 3 unspecified atom stereocenters. The van der Waals surface area contributed by atoms with Gasteiger partial charge in [-0.25, -0.2) is 0 Å². The van der Waals surface area contributed by atoms with Gasteiger partial charge in [0.15, 0.2) is 0 Å². The average Bonchev–Trinajstić information content (AvgIpc) is 2.71. The van der Waals surface area contributed by atoms with Crippen LogP contribution < -0.4 is 5.32 Å². The fourth-order valence-electron chi connectivity index (χ4n) is 3.46. The van der Waals surface area contributed by atoms with E-state index >= 15 is 0 Å². The van der Waals surface area contributed by atoms with Crippen LogP contribution in [0.4, 0.5) is 5.69 Å². The third-order valence-corrected chi connectivity index (χ3v) is 4.69.